The van der Waals surface area contributed by atoms with E-state index >= 15 is 0 Å². The monoisotopic (exact) mass is 410 g/mol. The molecule has 30 heavy (non-hydrogen) atoms. The fourth-order valence-electron chi connectivity index (χ4n) is 3.17. The van der Waals surface area contributed by atoms with E-state index in [4.69, 9.17) is 9.15 Å². The van der Waals surface area contributed by atoms with Crippen molar-refractivity contribution in [2.75, 3.05) is 20.2 Å². The van der Waals surface area contributed by atoms with Crippen LogP contribution >= 0.6 is 0 Å². The average molecular weight is 410 g/mol. The lowest BCUT2D eigenvalue weighted by Crippen LogP contribution is -2.37. The van der Waals surface area contributed by atoms with Gasteiger partial charge in [0.2, 0.25) is 5.89 Å². The molecule has 2 aromatic carbocycles. The van der Waals surface area contributed by atoms with E-state index in [9.17, 15) is 14.0 Å². The summed E-state index contributed by atoms with van der Waals surface area (Å²) in [6, 6.07) is 13.2. The van der Waals surface area contributed by atoms with Crippen LogP contribution < -0.4 is 0 Å². The van der Waals surface area contributed by atoms with Crippen molar-refractivity contribution in [3.8, 4) is 22.8 Å². The van der Waals surface area contributed by atoms with Gasteiger partial charge in [-0.15, -0.1) is 0 Å². The van der Waals surface area contributed by atoms with Gasteiger partial charge in [0.05, 0.1) is 30.4 Å². The molecule has 0 aliphatic carbocycles. The summed E-state index contributed by atoms with van der Waals surface area (Å²) in [6.07, 6.45) is 1.44. The molecule has 0 N–H and O–H groups in total. The van der Waals surface area contributed by atoms with Crippen molar-refractivity contribution in [3.05, 3.63) is 66.1 Å². The summed E-state index contributed by atoms with van der Waals surface area (Å²) in [7, 11) is 1.32. The number of nitrogens with zero attached hydrogens (tertiary/aromatic N) is 2. The van der Waals surface area contributed by atoms with Gasteiger partial charge in [0.1, 0.15) is 5.82 Å². The van der Waals surface area contributed by atoms with Gasteiger partial charge in [0, 0.05) is 18.7 Å². The van der Waals surface area contributed by atoms with Crippen molar-refractivity contribution in [1.82, 2.24) is 9.88 Å². The Morgan fingerprint density at radius 1 is 1.13 bits per heavy atom. The van der Waals surface area contributed by atoms with Gasteiger partial charge < -0.3 is 14.1 Å². The van der Waals surface area contributed by atoms with E-state index in [-0.39, 0.29) is 30.1 Å². The van der Waals surface area contributed by atoms with Crippen LogP contribution in [-0.2, 0) is 9.53 Å². The van der Waals surface area contributed by atoms with Gasteiger partial charge in [-0.1, -0.05) is 31.2 Å². The van der Waals surface area contributed by atoms with Gasteiger partial charge in [-0.2, -0.15) is 0 Å². The van der Waals surface area contributed by atoms with E-state index in [1.165, 1.54) is 19.4 Å². The van der Waals surface area contributed by atoms with Gasteiger partial charge in [-0.25, -0.2) is 9.37 Å². The van der Waals surface area contributed by atoms with Gasteiger partial charge in [0.15, 0.2) is 5.76 Å². The highest BCUT2D eigenvalue weighted by Gasteiger charge is 2.24. The second-order valence-corrected chi connectivity index (χ2v) is 6.82. The number of ether oxygens (including phenoxy) is 1. The van der Waals surface area contributed by atoms with Crippen molar-refractivity contribution in [2.45, 2.75) is 13.8 Å². The minimum absolute atomic E-state index is 0.217. The lowest BCUT2D eigenvalue weighted by molar-refractivity contribution is -0.145. The number of hydrogen-bond acceptors (Lipinski definition) is 5. The second-order valence-electron chi connectivity index (χ2n) is 6.82. The molecule has 1 aromatic heterocycles. The predicted octanol–water partition coefficient (Wildman–Crippen LogP) is 4.42. The zero-order valence-electron chi connectivity index (χ0n) is 17.1. The molecule has 3 rings (SSSR count). The number of esters is 1. The first-order valence-corrected chi connectivity index (χ1v) is 9.63. The minimum Gasteiger partial charge on any atom is -0.469 e. The molecule has 0 saturated carbocycles. The number of aromatic nitrogens is 1. The zero-order chi connectivity index (χ0) is 21.7. The molecule has 1 heterocycles. The molecule has 0 radical (unpaired) electrons. The smallest absolute Gasteiger partial charge is 0.310 e. The molecule has 3 aromatic rings. The summed E-state index contributed by atoms with van der Waals surface area (Å²) in [5.41, 5.74) is 1.18. The van der Waals surface area contributed by atoms with E-state index in [1.54, 1.807) is 54.3 Å². The fraction of sp³-hybridized carbons (Fsp3) is 0.261. The summed E-state index contributed by atoms with van der Waals surface area (Å²) in [5, 5.41) is 0. The Morgan fingerprint density at radius 2 is 1.80 bits per heavy atom. The number of methoxy groups -OCH3 is 1. The van der Waals surface area contributed by atoms with Crippen molar-refractivity contribution < 1.29 is 23.1 Å². The number of oxazole rings is 1. The SMILES string of the molecule is CCN(CC(C)C(=O)OC)C(=O)c1ccccc1-c1ncc(-c2ccccc2F)o1. The Kier molecular flexibility index (Phi) is 6.61. The molecule has 0 saturated heterocycles. The second kappa shape index (κ2) is 9.35. The molecule has 1 unspecified atom stereocenters. The van der Waals surface area contributed by atoms with Gasteiger partial charge in [-0.3, -0.25) is 9.59 Å². The Labute approximate surface area is 174 Å². The maximum Gasteiger partial charge on any atom is 0.310 e. The van der Waals surface area contributed by atoms with Crippen LogP contribution in [0, 0.1) is 11.7 Å². The molecule has 7 heteroatoms. The zero-order valence-corrected chi connectivity index (χ0v) is 17.1. The highest BCUT2D eigenvalue weighted by atomic mass is 19.1. The van der Waals surface area contributed by atoms with E-state index in [0.29, 0.717) is 23.2 Å². The highest BCUT2D eigenvalue weighted by Crippen LogP contribution is 2.30. The minimum atomic E-state index is -0.458. The fourth-order valence-corrected chi connectivity index (χ4v) is 3.17. The van der Waals surface area contributed by atoms with Crippen LogP contribution in [0.3, 0.4) is 0 Å². The number of amides is 1. The van der Waals surface area contributed by atoms with Gasteiger partial charge in [-0.05, 0) is 31.2 Å². The van der Waals surface area contributed by atoms with E-state index in [0.717, 1.165) is 0 Å². The maximum absolute atomic E-state index is 14.1. The molecule has 1 atom stereocenters. The lowest BCUT2D eigenvalue weighted by Gasteiger charge is -2.24. The van der Waals surface area contributed by atoms with Crippen LogP contribution in [0.1, 0.15) is 24.2 Å². The van der Waals surface area contributed by atoms with Crippen LogP contribution in [0.15, 0.2) is 59.1 Å². The Balaban J connectivity index is 1.92. The molecular weight excluding hydrogens is 387 g/mol. The van der Waals surface area contributed by atoms with Gasteiger partial charge in [0.25, 0.3) is 5.91 Å². The first-order chi connectivity index (χ1) is 14.5. The lowest BCUT2D eigenvalue weighted by atomic mass is 10.0. The summed E-state index contributed by atoms with van der Waals surface area (Å²) < 4.78 is 24.6. The van der Waals surface area contributed by atoms with E-state index in [2.05, 4.69) is 4.98 Å². The predicted molar refractivity (Wildman–Crippen MR) is 110 cm³/mol. The molecule has 0 fully saturated rings. The highest BCUT2D eigenvalue weighted by molar-refractivity contribution is 6.00. The molecule has 6 nitrogen and oxygen atoms in total. The van der Waals surface area contributed by atoms with Crippen molar-refractivity contribution in [1.29, 1.82) is 0 Å². The summed E-state index contributed by atoms with van der Waals surface area (Å²) in [5.74, 6) is -1.02. The van der Waals surface area contributed by atoms with Crippen molar-refractivity contribution in [3.63, 3.8) is 0 Å². The molecule has 0 bridgehead atoms. The van der Waals surface area contributed by atoms with Crippen molar-refractivity contribution >= 4 is 11.9 Å². The third kappa shape index (κ3) is 4.40. The third-order valence-corrected chi connectivity index (χ3v) is 4.80. The summed E-state index contributed by atoms with van der Waals surface area (Å²) in [6.45, 7) is 4.19. The van der Waals surface area contributed by atoms with Crippen LogP contribution in [0.25, 0.3) is 22.8 Å². The summed E-state index contributed by atoms with van der Waals surface area (Å²) >= 11 is 0. The van der Waals surface area contributed by atoms with Gasteiger partial charge >= 0.3 is 5.97 Å². The number of rotatable bonds is 7. The molecule has 1 amide bonds. The summed E-state index contributed by atoms with van der Waals surface area (Å²) in [4.78, 5) is 30.8. The molecule has 0 aliphatic heterocycles. The number of halogens is 1. The number of carbonyl (C=O) groups excluding carboxylic acids is 2. The van der Waals surface area contributed by atoms with Crippen LogP contribution in [0.4, 0.5) is 4.39 Å². The first kappa shape index (κ1) is 21.2. The number of carbonyl (C=O) groups is 2. The molecule has 0 aliphatic rings. The van der Waals surface area contributed by atoms with Crippen LogP contribution in [-0.4, -0.2) is 42.0 Å². The Hall–Kier alpha value is -3.48. The maximum atomic E-state index is 14.1. The Morgan fingerprint density at radius 3 is 2.47 bits per heavy atom. The van der Waals surface area contributed by atoms with Crippen molar-refractivity contribution in [2.24, 2.45) is 5.92 Å². The van der Waals surface area contributed by atoms with Crippen LogP contribution in [0.5, 0.6) is 0 Å². The first-order valence-electron chi connectivity index (χ1n) is 9.63. The Bertz CT molecular complexity index is 1050. The number of hydrogen-bond donors (Lipinski definition) is 0. The molecular formula is C23H23FN2O4. The van der Waals surface area contributed by atoms with E-state index < -0.39 is 11.7 Å². The number of benzene rings is 2. The van der Waals surface area contributed by atoms with E-state index in [1.807, 2.05) is 6.92 Å². The van der Waals surface area contributed by atoms with Crippen LogP contribution in [0.2, 0.25) is 0 Å². The molecule has 156 valence electrons. The topological polar surface area (TPSA) is 72.6 Å². The third-order valence-electron chi connectivity index (χ3n) is 4.80. The quantitative estimate of drug-likeness (QED) is 0.539. The standard InChI is InChI=1S/C23H23FN2O4/c1-4-26(14-15(2)23(28)29-3)22(27)17-10-6-5-9-16(17)21-25-13-20(30-21)18-11-7-8-12-19(18)24/h5-13,15H,4,14H2,1-3H3. The molecule has 0 spiro atoms. The average Bonchev–Trinajstić information content (AvgIpc) is 3.26. The normalized spacial score (nSPS) is 11.7. The largest absolute Gasteiger partial charge is 0.469 e.